The van der Waals surface area contributed by atoms with E-state index in [0.717, 1.165) is 11.5 Å². The van der Waals surface area contributed by atoms with Crippen LogP contribution in [0.25, 0.3) is 0 Å². The molecule has 0 aromatic heterocycles. The van der Waals surface area contributed by atoms with Crippen LogP contribution in [-0.2, 0) is 22.8 Å². The Balaban J connectivity index is 1.73. The lowest BCUT2D eigenvalue weighted by Crippen LogP contribution is -2.44. The summed E-state index contributed by atoms with van der Waals surface area (Å²) in [5.41, 5.74) is -9.03. The number of nitrogens with one attached hydrogen (secondary N) is 1. The first-order valence-electron chi connectivity index (χ1n) is 10.7. The van der Waals surface area contributed by atoms with E-state index in [2.05, 4.69) is 15.3 Å². The molecule has 0 bridgehead atoms. The van der Waals surface area contributed by atoms with Crippen molar-refractivity contribution in [2.45, 2.75) is 43.5 Å². The van der Waals surface area contributed by atoms with Crippen molar-refractivity contribution in [1.82, 2.24) is 5.32 Å². The number of carbonyl (C=O) groups excluding carboxylic acids is 1. The van der Waals surface area contributed by atoms with E-state index in [9.17, 15) is 44.3 Å². The molecule has 4 nitrogen and oxygen atoms in total. The van der Waals surface area contributed by atoms with E-state index < -0.39 is 58.2 Å². The monoisotopic (exact) mass is 590 g/mol. The van der Waals surface area contributed by atoms with Gasteiger partial charge in [0.05, 0.1) is 21.9 Å². The van der Waals surface area contributed by atoms with Crippen LogP contribution in [0.3, 0.4) is 0 Å². The minimum atomic E-state index is -5.49. The highest BCUT2D eigenvalue weighted by Crippen LogP contribution is 2.52. The van der Waals surface area contributed by atoms with Gasteiger partial charge in [0.2, 0.25) is 0 Å². The Morgan fingerprint density at radius 2 is 1.61 bits per heavy atom. The minimum absolute atomic E-state index is 0.00543. The van der Waals surface area contributed by atoms with Crippen LogP contribution >= 0.6 is 23.4 Å². The lowest BCUT2D eigenvalue weighted by atomic mass is 9.84. The molecule has 2 aromatic rings. The van der Waals surface area contributed by atoms with Gasteiger partial charge in [-0.3, -0.25) is 4.79 Å². The number of oxime groups is 1. The van der Waals surface area contributed by atoms with E-state index in [1.54, 1.807) is 11.8 Å². The zero-order valence-corrected chi connectivity index (χ0v) is 20.6. The summed E-state index contributed by atoms with van der Waals surface area (Å²) in [6.07, 6.45) is -17.7. The third-order valence-electron chi connectivity index (χ3n) is 6.11. The number of nitrogens with zero attached hydrogens (tertiary/aromatic N) is 1. The highest BCUT2D eigenvalue weighted by molar-refractivity contribution is 8.00. The standard InChI is InChI=1S/C23H16ClF9N2O2S/c1-10-4-11(2-3-14(10)19(36)34-13-8-38-9-13)17-7-20(37-35-17,23(31,32)33)12-5-15(21(25,26)27)18(24)16(6-12)22(28,29)30/h2-6,13H,7-9H2,1H3,(H,34,36). The zero-order chi connectivity index (χ0) is 28.3. The van der Waals surface area contributed by atoms with Crippen molar-refractivity contribution in [3.05, 3.63) is 68.7 Å². The van der Waals surface area contributed by atoms with Gasteiger partial charge in [0.1, 0.15) is 0 Å². The summed E-state index contributed by atoms with van der Waals surface area (Å²) >= 11 is 6.96. The number of benzene rings is 2. The maximum Gasteiger partial charge on any atom is 0.435 e. The van der Waals surface area contributed by atoms with Gasteiger partial charge in [-0.25, -0.2) is 0 Å². The van der Waals surface area contributed by atoms with Crippen LogP contribution in [0.1, 0.15) is 44.6 Å². The SMILES string of the molecule is Cc1cc(C2=NOC(c3cc(C(F)(F)F)c(Cl)c(C(F)(F)F)c3)(C(F)(F)F)C2)ccc1C(=O)NC1CSC1. The van der Waals surface area contributed by atoms with E-state index >= 15 is 0 Å². The summed E-state index contributed by atoms with van der Waals surface area (Å²) < 4.78 is 124. The van der Waals surface area contributed by atoms with Gasteiger partial charge in [0.25, 0.3) is 11.5 Å². The third-order valence-corrected chi connectivity index (χ3v) is 7.80. The van der Waals surface area contributed by atoms with Crippen LogP contribution in [0.4, 0.5) is 39.5 Å². The van der Waals surface area contributed by atoms with Crippen molar-refractivity contribution >= 4 is 35.0 Å². The molecular weight excluding hydrogens is 575 g/mol. The number of alkyl halides is 9. The maximum atomic E-state index is 14.3. The summed E-state index contributed by atoms with van der Waals surface area (Å²) in [5.74, 6) is 1.09. The van der Waals surface area contributed by atoms with Crippen LogP contribution in [0.15, 0.2) is 35.5 Å². The second-order valence-corrected chi connectivity index (χ2v) is 10.2. The molecule has 0 aliphatic carbocycles. The molecule has 1 fully saturated rings. The molecule has 2 aromatic carbocycles. The Morgan fingerprint density at radius 3 is 2.05 bits per heavy atom. The fraction of sp³-hybridized carbons (Fsp3) is 0.391. The van der Waals surface area contributed by atoms with Gasteiger partial charge >= 0.3 is 18.5 Å². The van der Waals surface area contributed by atoms with Gasteiger partial charge in [-0.2, -0.15) is 51.3 Å². The van der Waals surface area contributed by atoms with Crippen LogP contribution in [0, 0.1) is 6.92 Å². The third kappa shape index (κ3) is 5.16. The van der Waals surface area contributed by atoms with Crippen molar-refractivity contribution in [2.75, 3.05) is 11.5 Å². The van der Waals surface area contributed by atoms with Crippen LogP contribution in [0.2, 0.25) is 5.02 Å². The second-order valence-electron chi connectivity index (χ2n) is 8.75. The number of carbonyl (C=O) groups is 1. The van der Waals surface area contributed by atoms with E-state index in [0.29, 0.717) is 5.56 Å². The van der Waals surface area contributed by atoms with Crippen molar-refractivity contribution in [3.63, 3.8) is 0 Å². The van der Waals surface area contributed by atoms with E-state index in [-0.39, 0.29) is 35.0 Å². The number of rotatable bonds is 4. The number of halogens is 10. The van der Waals surface area contributed by atoms with Gasteiger partial charge in [0.15, 0.2) is 0 Å². The molecule has 1 atom stereocenters. The lowest BCUT2D eigenvalue weighted by molar-refractivity contribution is -0.276. The molecule has 38 heavy (non-hydrogen) atoms. The Kier molecular flexibility index (Phi) is 7.13. The summed E-state index contributed by atoms with van der Waals surface area (Å²) in [5, 5.41) is 4.41. The smallest absolute Gasteiger partial charge is 0.374 e. The van der Waals surface area contributed by atoms with E-state index in [1.165, 1.54) is 25.1 Å². The molecule has 0 radical (unpaired) electrons. The van der Waals surface area contributed by atoms with Crippen molar-refractivity contribution < 1.29 is 49.1 Å². The van der Waals surface area contributed by atoms with Crippen molar-refractivity contribution in [3.8, 4) is 0 Å². The molecule has 4 rings (SSSR count). The molecular formula is C23H16ClF9N2O2S. The zero-order valence-electron chi connectivity index (χ0n) is 19.0. The molecule has 1 saturated heterocycles. The molecule has 1 N–H and O–H groups in total. The first-order valence-corrected chi connectivity index (χ1v) is 12.3. The Hall–Kier alpha value is -2.61. The molecule has 15 heteroatoms. The number of amides is 1. The lowest BCUT2D eigenvalue weighted by Gasteiger charge is -2.31. The molecule has 0 spiro atoms. The largest absolute Gasteiger partial charge is 0.435 e. The minimum Gasteiger partial charge on any atom is -0.374 e. The Bertz CT molecular complexity index is 1270. The fourth-order valence-electron chi connectivity index (χ4n) is 4.01. The summed E-state index contributed by atoms with van der Waals surface area (Å²) in [6, 6.07) is 3.73. The highest BCUT2D eigenvalue weighted by Gasteiger charge is 2.63. The van der Waals surface area contributed by atoms with Gasteiger partial charge in [-0.15, -0.1) is 0 Å². The summed E-state index contributed by atoms with van der Waals surface area (Å²) in [4.78, 5) is 17.1. The highest BCUT2D eigenvalue weighted by atomic mass is 35.5. The second kappa shape index (κ2) is 9.54. The Labute approximate surface area is 218 Å². The predicted molar refractivity (Wildman–Crippen MR) is 121 cm³/mol. The average molecular weight is 591 g/mol. The molecule has 2 aliphatic heterocycles. The van der Waals surface area contributed by atoms with Crippen molar-refractivity contribution in [1.29, 1.82) is 0 Å². The van der Waals surface area contributed by atoms with Crippen molar-refractivity contribution in [2.24, 2.45) is 5.16 Å². The van der Waals surface area contributed by atoms with E-state index in [4.69, 9.17) is 11.6 Å². The first-order chi connectivity index (χ1) is 17.4. The number of aryl methyl sites for hydroxylation is 1. The van der Waals surface area contributed by atoms with Crippen LogP contribution in [0.5, 0.6) is 0 Å². The Morgan fingerprint density at radius 1 is 1.03 bits per heavy atom. The molecule has 206 valence electrons. The molecule has 1 amide bonds. The normalized spacial score (nSPS) is 20.6. The fourth-order valence-corrected chi connectivity index (χ4v) is 4.97. The van der Waals surface area contributed by atoms with Gasteiger partial charge in [0, 0.05) is 35.1 Å². The summed E-state index contributed by atoms with van der Waals surface area (Å²) in [6.45, 7) is 1.52. The quantitative estimate of drug-likeness (QED) is 0.386. The first kappa shape index (κ1) is 28.4. The van der Waals surface area contributed by atoms with Gasteiger partial charge < -0.3 is 10.2 Å². The molecule has 2 heterocycles. The van der Waals surface area contributed by atoms with Gasteiger partial charge in [-0.1, -0.05) is 22.8 Å². The number of hydrogen-bond acceptors (Lipinski definition) is 4. The predicted octanol–water partition coefficient (Wildman–Crippen LogP) is 7.11. The van der Waals surface area contributed by atoms with Gasteiger partial charge in [-0.05, 0) is 42.3 Å². The average Bonchev–Trinajstić information content (AvgIpc) is 3.21. The van der Waals surface area contributed by atoms with E-state index in [1.807, 2.05) is 0 Å². The van der Waals surface area contributed by atoms with Crippen LogP contribution in [-0.4, -0.2) is 35.3 Å². The maximum absolute atomic E-state index is 14.3. The van der Waals surface area contributed by atoms with Crippen LogP contribution < -0.4 is 5.32 Å². The molecule has 2 aliphatic rings. The topological polar surface area (TPSA) is 50.7 Å². The molecule has 0 saturated carbocycles. The molecule has 1 unspecified atom stereocenters. The summed E-state index contributed by atoms with van der Waals surface area (Å²) in [7, 11) is 0. The number of hydrogen-bond donors (Lipinski definition) is 1. The number of thioether (sulfide) groups is 1.